The number of amides is 1. The van der Waals surface area contributed by atoms with Crippen molar-refractivity contribution < 1.29 is 17.9 Å². The highest BCUT2D eigenvalue weighted by Crippen LogP contribution is 2.32. The number of aromatic nitrogens is 4. The predicted molar refractivity (Wildman–Crippen MR) is 128 cm³/mol. The van der Waals surface area contributed by atoms with Crippen molar-refractivity contribution in [2.24, 2.45) is 0 Å². The van der Waals surface area contributed by atoms with Crippen molar-refractivity contribution in [1.29, 1.82) is 0 Å². The smallest absolute Gasteiger partial charge is 0.260 e. The summed E-state index contributed by atoms with van der Waals surface area (Å²) in [5, 5.41) is 10.9. The number of methoxy groups -OCH3 is 1. The Labute approximate surface area is 199 Å². The minimum atomic E-state index is -3.35. The number of pyridine rings is 1. The molecule has 1 aliphatic rings. The van der Waals surface area contributed by atoms with Crippen LogP contribution in [0.2, 0.25) is 0 Å². The fourth-order valence-corrected chi connectivity index (χ4v) is 5.39. The Kier molecular flexibility index (Phi) is 6.67. The third-order valence-corrected chi connectivity index (χ3v) is 7.63. The number of nitrogens with zero attached hydrogens (tertiary/aromatic N) is 5. The number of carbonyl (C=O) groups excluding carboxylic acids is 1. The lowest BCUT2D eigenvalue weighted by Crippen LogP contribution is -2.27. The second-order valence-electron chi connectivity index (χ2n) is 8.42. The van der Waals surface area contributed by atoms with Crippen LogP contribution in [-0.2, 0) is 23.1 Å². The molecule has 0 bridgehead atoms. The Morgan fingerprint density at radius 1 is 1.21 bits per heavy atom. The van der Waals surface area contributed by atoms with E-state index in [-0.39, 0.29) is 24.9 Å². The summed E-state index contributed by atoms with van der Waals surface area (Å²) >= 11 is 0. The minimum Gasteiger partial charge on any atom is -0.496 e. The lowest BCUT2D eigenvalue weighted by atomic mass is 10.0. The molecule has 0 atom stereocenters. The zero-order chi connectivity index (χ0) is 24.5. The van der Waals surface area contributed by atoms with Gasteiger partial charge in [0.1, 0.15) is 23.6 Å². The third kappa shape index (κ3) is 4.66. The van der Waals surface area contributed by atoms with Gasteiger partial charge in [0.25, 0.3) is 5.91 Å². The van der Waals surface area contributed by atoms with E-state index < -0.39 is 15.9 Å². The van der Waals surface area contributed by atoms with Crippen LogP contribution in [0.4, 0.5) is 5.82 Å². The fraction of sp³-hybridized carbons (Fsp3) is 0.391. The molecule has 11 heteroatoms. The number of rotatable bonds is 8. The van der Waals surface area contributed by atoms with Gasteiger partial charge in [0.15, 0.2) is 5.82 Å². The van der Waals surface area contributed by atoms with Crippen molar-refractivity contribution in [3.8, 4) is 17.3 Å². The molecule has 10 nitrogen and oxygen atoms in total. The van der Waals surface area contributed by atoms with Crippen LogP contribution in [0.15, 0.2) is 36.7 Å². The van der Waals surface area contributed by atoms with E-state index in [2.05, 4.69) is 20.5 Å². The molecule has 1 amide bonds. The predicted octanol–water partition coefficient (Wildman–Crippen LogP) is 3.24. The fourth-order valence-electron chi connectivity index (χ4n) is 3.94. The lowest BCUT2D eigenvalue weighted by molar-refractivity contribution is 0.102. The zero-order valence-electron chi connectivity index (χ0n) is 19.6. The number of fused-ring (bicyclic) bond motifs is 1. The van der Waals surface area contributed by atoms with Gasteiger partial charge < -0.3 is 14.6 Å². The molecule has 0 saturated heterocycles. The molecule has 3 aromatic rings. The maximum atomic E-state index is 13.2. The van der Waals surface area contributed by atoms with E-state index in [0.717, 1.165) is 11.1 Å². The van der Waals surface area contributed by atoms with Crippen LogP contribution in [0.5, 0.6) is 5.75 Å². The monoisotopic (exact) mass is 484 g/mol. The largest absolute Gasteiger partial charge is 0.496 e. The number of hydrogen-bond donors (Lipinski definition) is 1. The molecule has 4 rings (SSSR count). The van der Waals surface area contributed by atoms with Crippen LogP contribution >= 0.6 is 0 Å². The molecule has 34 heavy (non-hydrogen) atoms. The van der Waals surface area contributed by atoms with Crippen LogP contribution in [-0.4, -0.2) is 51.2 Å². The summed E-state index contributed by atoms with van der Waals surface area (Å²) in [5.41, 5.74) is 2.52. The zero-order valence-corrected chi connectivity index (χ0v) is 20.5. The Morgan fingerprint density at radius 2 is 1.94 bits per heavy atom. The van der Waals surface area contributed by atoms with Gasteiger partial charge in [-0.1, -0.05) is 13.0 Å². The summed E-state index contributed by atoms with van der Waals surface area (Å²) in [6.45, 7) is 6.39. The van der Waals surface area contributed by atoms with Gasteiger partial charge in [-0.05, 0) is 55.7 Å². The number of sulfonamides is 1. The van der Waals surface area contributed by atoms with Crippen LogP contribution in [0.1, 0.15) is 54.7 Å². The van der Waals surface area contributed by atoms with E-state index in [4.69, 9.17) is 4.74 Å². The topological polar surface area (TPSA) is 119 Å². The molecule has 0 saturated carbocycles. The summed E-state index contributed by atoms with van der Waals surface area (Å²) in [7, 11) is -1.86. The van der Waals surface area contributed by atoms with Crippen molar-refractivity contribution in [3.05, 3.63) is 53.3 Å². The first-order valence-corrected chi connectivity index (χ1v) is 12.7. The number of hydrogen-bond acceptors (Lipinski definition) is 7. The SMILES string of the molecule is CCCS(=O)(=O)N1Cc2cc(OC)c(C(=O)Nc3cccc(-c4nncn4C(C)C)n3)cc2C1. The molecule has 0 unspecified atom stereocenters. The highest BCUT2D eigenvalue weighted by molar-refractivity contribution is 7.89. The number of nitrogens with one attached hydrogen (secondary N) is 1. The Hall–Kier alpha value is -3.31. The first-order chi connectivity index (χ1) is 16.2. The Bertz CT molecular complexity index is 1320. The third-order valence-electron chi connectivity index (χ3n) is 5.66. The van der Waals surface area contributed by atoms with E-state index in [1.54, 1.807) is 36.7 Å². The molecule has 1 N–H and O–H groups in total. The molecule has 3 heterocycles. The van der Waals surface area contributed by atoms with Gasteiger partial charge in [-0.25, -0.2) is 13.4 Å². The van der Waals surface area contributed by atoms with Crippen molar-refractivity contribution in [2.45, 2.75) is 46.3 Å². The highest BCUT2D eigenvalue weighted by Gasteiger charge is 2.30. The summed E-state index contributed by atoms with van der Waals surface area (Å²) in [4.78, 5) is 17.7. The summed E-state index contributed by atoms with van der Waals surface area (Å²) < 4.78 is 33.8. The minimum absolute atomic E-state index is 0.0953. The van der Waals surface area contributed by atoms with E-state index >= 15 is 0 Å². The number of ether oxygens (including phenoxy) is 1. The van der Waals surface area contributed by atoms with Crippen LogP contribution in [0, 0.1) is 0 Å². The van der Waals surface area contributed by atoms with Crippen LogP contribution in [0.3, 0.4) is 0 Å². The molecular formula is C23H28N6O4S. The molecule has 1 aromatic carbocycles. The van der Waals surface area contributed by atoms with Gasteiger partial charge in [0.2, 0.25) is 10.0 Å². The maximum absolute atomic E-state index is 13.2. The average molecular weight is 485 g/mol. The molecule has 0 radical (unpaired) electrons. The molecule has 0 fully saturated rings. The van der Waals surface area contributed by atoms with E-state index in [1.807, 2.05) is 25.3 Å². The molecule has 180 valence electrons. The van der Waals surface area contributed by atoms with Crippen molar-refractivity contribution in [2.75, 3.05) is 18.2 Å². The molecule has 0 spiro atoms. The molecule has 1 aliphatic heterocycles. The van der Waals surface area contributed by atoms with Gasteiger partial charge in [-0.2, -0.15) is 4.31 Å². The van der Waals surface area contributed by atoms with Crippen molar-refractivity contribution >= 4 is 21.7 Å². The summed E-state index contributed by atoms with van der Waals surface area (Å²) in [6.07, 6.45) is 2.19. The van der Waals surface area contributed by atoms with Gasteiger partial charge in [-0.3, -0.25) is 4.79 Å². The second kappa shape index (κ2) is 9.51. The molecule has 2 aromatic heterocycles. The van der Waals surface area contributed by atoms with Gasteiger partial charge in [0.05, 0.1) is 18.4 Å². The number of carbonyl (C=O) groups is 1. The van der Waals surface area contributed by atoms with E-state index in [9.17, 15) is 13.2 Å². The maximum Gasteiger partial charge on any atom is 0.260 e. The van der Waals surface area contributed by atoms with Gasteiger partial charge in [0, 0.05) is 19.1 Å². The van der Waals surface area contributed by atoms with Gasteiger partial charge >= 0.3 is 0 Å². The highest BCUT2D eigenvalue weighted by atomic mass is 32.2. The van der Waals surface area contributed by atoms with Crippen LogP contribution in [0.25, 0.3) is 11.5 Å². The van der Waals surface area contributed by atoms with Gasteiger partial charge in [-0.15, -0.1) is 10.2 Å². The average Bonchev–Trinajstić information content (AvgIpc) is 3.45. The summed E-state index contributed by atoms with van der Waals surface area (Å²) in [5.74, 6) is 1.04. The molecular weight excluding hydrogens is 456 g/mol. The first kappa shape index (κ1) is 23.8. The van der Waals surface area contributed by atoms with E-state index in [1.165, 1.54) is 11.4 Å². The number of anilines is 1. The second-order valence-corrected chi connectivity index (χ2v) is 10.5. The molecule has 0 aliphatic carbocycles. The van der Waals surface area contributed by atoms with Crippen molar-refractivity contribution in [3.63, 3.8) is 0 Å². The standard InChI is InChI=1S/C23H28N6O4S/c1-5-9-34(31,32)28-12-16-10-18(20(33-4)11-17(16)13-28)23(30)26-21-8-6-7-19(25-21)22-27-24-14-29(22)15(2)3/h6-8,10-11,14-15H,5,9,12-13H2,1-4H3,(H,25,26,30). The number of benzene rings is 1. The quantitative estimate of drug-likeness (QED) is 0.521. The Morgan fingerprint density at radius 3 is 2.62 bits per heavy atom. The van der Waals surface area contributed by atoms with Crippen LogP contribution < -0.4 is 10.1 Å². The first-order valence-electron chi connectivity index (χ1n) is 11.1. The van der Waals surface area contributed by atoms with Crippen molar-refractivity contribution in [1.82, 2.24) is 24.1 Å². The summed E-state index contributed by atoms with van der Waals surface area (Å²) in [6, 6.07) is 8.87. The lowest BCUT2D eigenvalue weighted by Gasteiger charge is -2.14. The Balaban J connectivity index is 1.59. The normalized spacial score (nSPS) is 13.8. The van der Waals surface area contributed by atoms with E-state index in [0.29, 0.717) is 35.1 Å².